The molecule has 6 heteroatoms. The van der Waals surface area contributed by atoms with E-state index >= 15 is 0 Å². The van der Waals surface area contributed by atoms with Crippen LogP contribution in [0.15, 0.2) is 59.9 Å². The van der Waals surface area contributed by atoms with Gasteiger partial charge in [-0.2, -0.15) is 0 Å². The summed E-state index contributed by atoms with van der Waals surface area (Å²) < 4.78 is 0. The van der Waals surface area contributed by atoms with Crippen LogP contribution >= 0.6 is 23.2 Å². The number of benzene rings is 2. The van der Waals surface area contributed by atoms with Crippen molar-refractivity contribution in [1.29, 1.82) is 0 Å². The highest BCUT2D eigenvalue weighted by molar-refractivity contribution is 6.35. The molecule has 2 aromatic carbocycles. The van der Waals surface area contributed by atoms with Crippen LogP contribution in [0.2, 0.25) is 10.0 Å². The second-order valence-corrected chi connectivity index (χ2v) is 8.67. The van der Waals surface area contributed by atoms with E-state index in [1.165, 1.54) is 4.90 Å². The number of hydrogen-bond acceptors (Lipinski definition) is 3. The molecule has 0 fully saturated rings. The van der Waals surface area contributed by atoms with Crippen molar-refractivity contribution in [2.45, 2.75) is 33.4 Å². The molecular formula is C22H21Cl2NO3. The number of Topliss-reactive ketones (excluding diaryl/α,β-unsaturated/α-hetero) is 1. The van der Waals surface area contributed by atoms with Crippen LogP contribution in [0.1, 0.15) is 37.9 Å². The van der Waals surface area contributed by atoms with Crippen molar-refractivity contribution in [1.82, 2.24) is 4.90 Å². The SMILES string of the molecule is CC(C)(C)C(=O)C1=C(O)C(=O)N(Cc2ccccc2)[C@@H]1c1ccc(Cl)cc1Cl. The molecule has 1 N–H and O–H groups in total. The summed E-state index contributed by atoms with van der Waals surface area (Å²) in [5.41, 5.74) is 0.719. The summed E-state index contributed by atoms with van der Waals surface area (Å²) >= 11 is 12.4. The molecule has 1 heterocycles. The molecule has 28 heavy (non-hydrogen) atoms. The van der Waals surface area contributed by atoms with Crippen molar-refractivity contribution in [3.63, 3.8) is 0 Å². The number of hydrogen-bond donors (Lipinski definition) is 1. The molecule has 3 rings (SSSR count). The van der Waals surface area contributed by atoms with Crippen LogP contribution < -0.4 is 0 Å². The smallest absolute Gasteiger partial charge is 0.290 e. The number of carbonyl (C=O) groups is 2. The van der Waals surface area contributed by atoms with E-state index in [-0.39, 0.29) is 17.9 Å². The van der Waals surface area contributed by atoms with Gasteiger partial charge in [-0.3, -0.25) is 9.59 Å². The number of aliphatic hydroxyl groups excluding tert-OH is 1. The minimum Gasteiger partial charge on any atom is -0.503 e. The average Bonchev–Trinajstić information content (AvgIpc) is 2.86. The van der Waals surface area contributed by atoms with Gasteiger partial charge in [0.1, 0.15) is 0 Å². The summed E-state index contributed by atoms with van der Waals surface area (Å²) in [7, 11) is 0. The van der Waals surface area contributed by atoms with Gasteiger partial charge < -0.3 is 10.0 Å². The lowest BCUT2D eigenvalue weighted by molar-refractivity contribution is -0.130. The monoisotopic (exact) mass is 417 g/mol. The minimum absolute atomic E-state index is 0.0673. The van der Waals surface area contributed by atoms with Crippen molar-refractivity contribution >= 4 is 34.9 Å². The molecule has 146 valence electrons. The zero-order valence-corrected chi connectivity index (χ0v) is 17.4. The normalized spacial score (nSPS) is 17.4. The van der Waals surface area contributed by atoms with Crippen LogP contribution in [0.5, 0.6) is 0 Å². The first kappa shape index (κ1) is 20.4. The van der Waals surface area contributed by atoms with Gasteiger partial charge in [-0.25, -0.2) is 0 Å². The first-order valence-electron chi connectivity index (χ1n) is 8.89. The third-order valence-electron chi connectivity index (χ3n) is 4.68. The van der Waals surface area contributed by atoms with Crippen molar-refractivity contribution in [3.05, 3.63) is 81.0 Å². The Bertz CT molecular complexity index is 961. The molecular weight excluding hydrogens is 397 g/mol. The van der Waals surface area contributed by atoms with Gasteiger partial charge in [0, 0.05) is 22.0 Å². The molecule has 0 aliphatic carbocycles. The highest BCUT2D eigenvalue weighted by Crippen LogP contribution is 2.44. The van der Waals surface area contributed by atoms with Gasteiger partial charge in [-0.15, -0.1) is 0 Å². The van der Waals surface area contributed by atoms with E-state index in [0.29, 0.717) is 15.6 Å². The third-order valence-corrected chi connectivity index (χ3v) is 5.24. The summed E-state index contributed by atoms with van der Waals surface area (Å²) in [5, 5.41) is 11.4. The number of carbonyl (C=O) groups excluding carboxylic acids is 2. The Hall–Kier alpha value is -2.30. The summed E-state index contributed by atoms with van der Waals surface area (Å²) in [6.45, 7) is 5.48. The van der Waals surface area contributed by atoms with Gasteiger partial charge in [0.15, 0.2) is 11.5 Å². The Morgan fingerprint density at radius 2 is 1.75 bits per heavy atom. The van der Waals surface area contributed by atoms with E-state index < -0.39 is 23.1 Å². The molecule has 0 radical (unpaired) electrons. The highest BCUT2D eigenvalue weighted by Gasteiger charge is 2.46. The second kappa shape index (κ2) is 7.61. The van der Waals surface area contributed by atoms with Crippen LogP contribution in [0, 0.1) is 5.41 Å². The Labute approximate surface area is 174 Å². The maximum absolute atomic E-state index is 13.1. The maximum atomic E-state index is 13.1. The maximum Gasteiger partial charge on any atom is 0.290 e. The van der Waals surface area contributed by atoms with Gasteiger partial charge in [-0.05, 0) is 23.3 Å². The minimum atomic E-state index is -0.788. The van der Waals surface area contributed by atoms with Gasteiger partial charge >= 0.3 is 0 Å². The third kappa shape index (κ3) is 3.80. The summed E-state index contributed by atoms with van der Waals surface area (Å²) in [6, 6.07) is 13.5. The molecule has 0 bridgehead atoms. The van der Waals surface area contributed by atoms with Crippen molar-refractivity contribution in [3.8, 4) is 0 Å². The van der Waals surface area contributed by atoms with E-state index in [4.69, 9.17) is 23.2 Å². The number of aliphatic hydroxyl groups is 1. The van der Waals surface area contributed by atoms with Crippen molar-refractivity contribution in [2.75, 3.05) is 0 Å². The highest BCUT2D eigenvalue weighted by atomic mass is 35.5. The lowest BCUT2D eigenvalue weighted by atomic mass is 9.82. The molecule has 1 aliphatic heterocycles. The van der Waals surface area contributed by atoms with E-state index in [1.807, 2.05) is 30.3 Å². The Morgan fingerprint density at radius 1 is 1.11 bits per heavy atom. The number of nitrogens with zero attached hydrogens (tertiary/aromatic N) is 1. The molecule has 4 nitrogen and oxygen atoms in total. The fourth-order valence-corrected chi connectivity index (χ4v) is 3.79. The first-order chi connectivity index (χ1) is 13.1. The quantitative estimate of drug-likeness (QED) is 0.713. The summed E-state index contributed by atoms with van der Waals surface area (Å²) in [6.07, 6.45) is 0. The van der Waals surface area contributed by atoms with Gasteiger partial charge in [0.05, 0.1) is 11.6 Å². The standard InChI is InChI=1S/C22H21Cl2NO3/c1-22(2,3)20(27)17-18(15-10-9-14(23)11-16(15)24)25(21(28)19(17)26)12-13-7-5-4-6-8-13/h4-11,18,26H,12H2,1-3H3/t18-/m1/s1. The molecule has 2 aromatic rings. The van der Waals surface area contributed by atoms with E-state index in [0.717, 1.165) is 5.56 Å². The summed E-state index contributed by atoms with van der Waals surface area (Å²) in [4.78, 5) is 27.5. The average molecular weight is 418 g/mol. The molecule has 1 aliphatic rings. The van der Waals surface area contributed by atoms with Crippen LogP contribution in [-0.4, -0.2) is 21.7 Å². The summed E-state index contributed by atoms with van der Waals surface area (Å²) in [5.74, 6) is -1.41. The van der Waals surface area contributed by atoms with Crippen molar-refractivity contribution < 1.29 is 14.7 Å². The Balaban J connectivity index is 2.15. The van der Waals surface area contributed by atoms with E-state index in [9.17, 15) is 14.7 Å². The lowest BCUT2D eigenvalue weighted by Crippen LogP contribution is -2.32. The van der Waals surface area contributed by atoms with Crippen LogP contribution in [-0.2, 0) is 16.1 Å². The fraction of sp³-hybridized carbons (Fsp3) is 0.273. The predicted octanol–water partition coefficient (Wildman–Crippen LogP) is 5.50. The predicted molar refractivity (Wildman–Crippen MR) is 110 cm³/mol. The molecule has 1 atom stereocenters. The first-order valence-corrected chi connectivity index (χ1v) is 9.64. The number of rotatable bonds is 4. The number of ketones is 1. The van der Waals surface area contributed by atoms with Crippen molar-refractivity contribution in [2.24, 2.45) is 5.41 Å². The van der Waals surface area contributed by atoms with Crippen LogP contribution in [0.25, 0.3) is 0 Å². The van der Waals surface area contributed by atoms with Gasteiger partial charge in [0.2, 0.25) is 0 Å². The number of halogens is 2. The van der Waals surface area contributed by atoms with Gasteiger partial charge in [0.25, 0.3) is 5.91 Å². The Kier molecular flexibility index (Phi) is 5.55. The second-order valence-electron chi connectivity index (χ2n) is 7.83. The van der Waals surface area contributed by atoms with Crippen LogP contribution in [0.4, 0.5) is 0 Å². The molecule has 1 amide bonds. The molecule has 0 spiro atoms. The van der Waals surface area contributed by atoms with E-state index in [1.54, 1.807) is 39.0 Å². The van der Waals surface area contributed by atoms with Crippen LogP contribution in [0.3, 0.4) is 0 Å². The Morgan fingerprint density at radius 3 is 2.32 bits per heavy atom. The zero-order chi connectivity index (χ0) is 20.6. The van der Waals surface area contributed by atoms with Gasteiger partial charge in [-0.1, -0.05) is 80.4 Å². The fourth-order valence-electron chi connectivity index (χ4n) is 3.28. The molecule has 0 unspecified atom stereocenters. The lowest BCUT2D eigenvalue weighted by Gasteiger charge is -2.29. The molecule has 0 aromatic heterocycles. The van der Waals surface area contributed by atoms with E-state index in [2.05, 4.69) is 0 Å². The zero-order valence-electron chi connectivity index (χ0n) is 15.9. The largest absolute Gasteiger partial charge is 0.503 e. The number of amides is 1. The molecule has 0 saturated carbocycles. The molecule has 0 saturated heterocycles. The topological polar surface area (TPSA) is 57.6 Å².